The predicted octanol–water partition coefficient (Wildman–Crippen LogP) is 4.20. The molecule has 0 atom stereocenters. The SMILES string of the molecule is S=C(Nc1ccc2nc(-c3ccccn3)c(-c3ccccn3)nc2c1)NC1CC1. The van der Waals surface area contributed by atoms with Crippen molar-refractivity contribution in [2.45, 2.75) is 18.9 Å². The van der Waals surface area contributed by atoms with Gasteiger partial charge in [-0.05, 0) is 67.5 Å². The number of fused-ring (bicyclic) bond motifs is 1. The summed E-state index contributed by atoms with van der Waals surface area (Å²) in [7, 11) is 0. The van der Waals surface area contributed by atoms with Crippen LogP contribution in [0.5, 0.6) is 0 Å². The Morgan fingerprint density at radius 2 is 1.48 bits per heavy atom. The molecule has 0 saturated heterocycles. The molecule has 0 unspecified atom stereocenters. The Morgan fingerprint density at radius 1 is 0.828 bits per heavy atom. The number of anilines is 1. The van der Waals surface area contributed by atoms with E-state index in [0.29, 0.717) is 22.5 Å². The first-order valence-corrected chi connectivity index (χ1v) is 9.89. The summed E-state index contributed by atoms with van der Waals surface area (Å²) in [5, 5.41) is 7.15. The topological polar surface area (TPSA) is 75.6 Å². The Morgan fingerprint density at radius 3 is 2.07 bits per heavy atom. The van der Waals surface area contributed by atoms with Gasteiger partial charge in [0, 0.05) is 24.1 Å². The summed E-state index contributed by atoms with van der Waals surface area (Å²) in [5.74, 6) is 0. The molecule has 0 aliphatic heterocycles. The minimum Gasteiger partial charge on any atom is -0.360 e. The highest BCUT2D eigenvalue weighted by molar-refractivity contribution is 7.80. The van der Waals surface area contributed by atoms with E-state index < -0.39 is 0 Å². The van der Waals surface area contributed by atoms with Crippen LogP contribution < -0.4 is 10.6 Å². The molecule has 0 radical (unpaired) electrons. The van der Waals surface area contributed by atoms with Gasteiger partial charge in [-0.25, -0.2) is 9.97 Å². The fourth-order valence-corrected chi connectivity index (χ4v) is 3.36. The van der Waals surface area contributed by atoms with E-state index in [4.69, 9.17) is 22.2 Å². The second-order valence-electron chi connectivity index (χ2n) is 6.93. The maximum Gasteiger partial charge on any atom is 0.170 e. The smallest absolute Gasteiger partial charge is 0.170 e. The van der Waals surface area contributed by atoms with E-state index in [0.717, 1.165) is 28.1 Å². The Kier molecular flexibility index (Phi) is 4.57. The van der Waals surface area contributed by atoms with Crippen molar-refractivity contribution >= 4 is 34.1 Å². The summed E-state index contributed by atoms with van der Waals surface area (Å²) in [5.41, 5.74) is 5.37. The van der Waals surface area contributed by atoms with Crippen LogP contribution in [0, 0.1) is 0 Å². The van der Waals surface area contributed by atoms with Crippen molar-refractivity contribution in [1.29, 1.82) is 0 Å². The average molecular weight is 398 g/mol. The summed E-state index contributed by atoms with van der Waals surface area (Å²) < 4.78 is 0. The van der Waals surface area contributed by atoms with Crippen LogP contribution in [-0.2, 0) is 0 Å². The lowest BCUT2D eigenvalue weighted by molar-refractivity contribution is 0.919. The Labute approximate surface area is 173 Å². The maximum atomic E-state index is 5.39. The van der Waals surface area contributed by atoms with Gasteiger partial charge in [-0.15, -0.1) is 0 Å². The van der Waals surface area contributed by atoms with Gasteiger partial charge in [0.25, 0.3) is 0 Å². The third-order valence-corrected chi connectivity index (χ3v) is 4.87. The van der Waals surface area contributed by atoms with Crippen LogP contribution in [0.3, 0.4) is 0 Å². The number of hydrogen-bond acceptors (Lipinski definition) is 5. The monoisotopic (exact) mass is 398 g/mol. The Hall–Kier alpha value is -3.45. The van der Waals surface area contributed by atoms with E-state index >= 15 is 0 Å². The van der Waals surface area contributed by atoms with E-state index in [1.165, 1.54) is 12.8 Å². The summed E-state index contributed by atoms with van der Waals surface area (Å²) >= 11 is 5.39. The van der Waals surface area contributed by atoms with Gasteiger partial charge >= 0.3 is 0 Å². The van der Waals surface area contributed by atoms with Gasteiger partial charge in [-0.1, -0.05) is 12.1 Å². The molecular formula is C22H18N6S. The molecule has 1 saturated carbocycles. The van der Waals surface area contributed by atoms with Crippen molar-refractivity contribution in [2.75, 3.05) is 5.32 Å². The molecular weight excluding hydrogens is 380 g/mol. The molecule has 1 aliphatic carbocycles. The zero-order valence-electron chi connectivity index (χ0n) is 15.5. The molecule has 1 aliphatic rings. The molecule has 5 rings (SSSR count). The zero-order valence-corrected chi connectivity index (χ0v) is 16.4. The van der Waals surface area contributed by atoms with Crippen molar-refractivity contribution in [2.24, 2.45) is 0 Å². The van der Waals surface area contributed by atoms with Gasteiger partial charge in [0.05, 0.1) is 22.4 Å². The van der Waals surface area contributed by atoms with E-state index in [1.807, 2.05) is 54.6 Å². The molecule has 2 N–H and O–H groups in total. The van der Waals surface area contributed by atoms with Gasteiger partial charge < -0.3 is 10.6 Å². The number of nitrogens with zero attached hydrogens (tertiary/aromatic N) is 4. The molecule has 1 aromatic carbocycles. The number of nitrogens with one attached hydrogen (secondary N) is 2. The van der Waals surface area contributed by atoms with E-state index in [2.05, 4.69) is 20.6 Å². The van der Waals surface area contributed by atoms with Gasteiger partial charge in [0.1, 0.15) is 11.4 Å². The highest BCUT2D eigenvalue weighted by Gasteiger charge is 2.22. The number of thiocarbonyl (C=S) groups is 1. The number of benzene rings is 1. The quantitative estimate of drug-likeness (QED) is 0.499. The van der Waals surface area contributed by atoms with Gasteiger partial charge in [0.2, 0.25) is 0 Å². The minimum atomic E-state index is 0.506. The molecule has 0 spiro atoms. The van der Waals surface area contributed by atoms with Crippen LogP contribution in [0.2, 0.25) is 0 Å². The Bertz CT molecular complexity index is 1180. The van der Waals surface area contributed by atoms with Crippen molar-refractivity contribution in [1.82, 2.24) is 25.3 Å². The summed E-state index contributed by atoms with van der Waals surface area (Å²) in [4.78, 5) is 18.7. The van der Waals surface area contributed by atoms with Crippen LogP contribution in [0.15, 0.2) is 67.0 Å². The first-order valence-electron chi connectivity index (χ1n) is 9.48. The van der Waals surface area contributed by atoms with E-state index in [-0.39, 0.29) is 0 Å². The summed E-state index contributed by atoms with van der Waals surface area (Å²) in [6, 6.07) is 17.9. The minimum absolute atomic E-state index is 0.506. The van der Waals surface area contributed by atoms with Crippen molar-refractivity contribution in [3.63, 3.8) is 0 Å². The molecule has 3 heterocycles. The molecule has 6 nitrogen and oxygen atoms in total. The molecule has 142 valence electrons. The zero-order chi connectivity index (χ0) is 19.6. The van der Waals surface area contributed by atoms with E-state index in [9.17, 15) is 0 Å². The van der Waals surface area contributed by atoms with Crippen LogP contribution in [0.1, 0.15) is 12.8 Å². The van der Waals surface area contributed by atoms with Crippen LogP contribution in [-0.4, -0.2) is 31.1 Å². The molecule has 4 aromatic rings. The molecule has 0 amide bonds. The third kappa shape index (κ3) is 3.90. The number of pyridine rings is 2. The standard InChI is InChI=1S/C22H18N6S/c29-22(25-14-7-8-14)26-15-9-10-16-19(13-15)28-21(18-6-2-4-12-24-18)20(27-16)17-5-1-3-11-23-17/h1-6,9-14H,7-8H2,(H2,25,26,29). The van der Waals surface area contributed by atoms with Gasteiger partial charge in [-0.2, -0.15) is 0 Å². The van der Waals surface area contributed by atoms with Crippen molar-refractivity contribution < 1.29 is 0 Å². The summed E-state index contributed by atoms with van der Waals surface area (Å²) in [6.07, 6.45) is 5.86. The average Bonchev–Trinajstić information content (AvgIpc) is 3.58. The lowest BCUT2D eigenvalue weighted by atomic mass is 10.1. The van der Waals surface area contributed by atoms with Crippen LogP contribution in [0.25, 0.3) is 33.8 Å². The first-order chi connectivity index (χ1) is 14.3. The molecule has 29 heavy (non-hydrogen) atoms. The second-order valence-corrected chi connectivity index (χ2v) is 7.34. The third-order valence-electron chi connectivity index (χ3n) is 4.65. The first kappa shape index (κ1) is 17.6. The largest absolute Gasteiger partial charge is 0.360 e. The number of rotatable bonds is 4. The Balaban J connectivity index is 1.59. The van der Waals surface area contributed by atoms with E-state index in [1.54, 1.807) is 12.4 Å². The second kappa shape index (κ2) is 7.52. The predicted molar refractivity (Wildman–Crippen MR) is 118 cm³/mol. The van der Waals surface area contributed by atoms with Crippen molar-refractivity contribution in [3.05, 3.63) is 67.0 Å². The van der Waals surface area contributed by atoms with Crippen molar-refractivity contribution in [3.8, 4) is 22.8 Å². The molecule has 7 heteroatoms. The fraction of sp³-hybridized carbons (Fsp3) is 0.136. The highest BCUT2D eigenvalue weighted by Crippen LogP contribution is 2.29. The highest BCUT2D eigenvalue weighted by atomic mass is 32.1. The summed E-state index contributed by atoms with van der Waals surface area (Å²) in [6.45, 7) is 0. The lowest BCUT2D eigenvalue weighted by Crippen LogP contribution is -2.30. The van der Waals surface area contributed by atoms with Gasteiger partial charge in [-0.3, -0.25) is 9.97 Å². The fourth-order valence-electron chi connectivity index (χ4n) is 3.08. The van der Waals surface area contributed by atoms with Crippen LogP contribution in [0.4, 0.5) is 5.69 Å². The number of aromatic nitrogens is 4. The normalized spacial score (nSPS) is 13.2. The van der Waals surface area contributed by atoms with Crippen LogP contribution >= 0.6 is 12.2 Å². The molecule has 1 fully saturated rings. The van der Waals surface area contributed by atoms with Gasteiger partial charge in [0.15, 0.2) is 5.11 Å². The number of hydrogen-bond donors (Lipinski definition) is 2. The molecule has 3 aromatic heterocycles. The molecule has 0 bridgehead atoms. The maximum absolute atomic E-state index is 5.39. The lowest BCUT2D eigenvalue weighted by Gasteiger charge is -2.12.